The molecular weight excluding hydrogens is 603 g/mol. The number of hydrogen-bond acceptors (Lipinski definition) is 7. The second-order valence-corrected chi connectivity index (χ2v) is 12.4. The monoisotopic (exact) mass is 638 g/mol. The van der Waals surface area contributed by atoms with Gasteiger partial charge >= 0.3 is 0 Å². The summed E-state index contributed by atoms with van der Waals surface area (Å²) in [6.45, 7) is 7.81. The van der Waals surface area contributed by atoms with Gasteiger partial charge in [-0.15, -0.1) is 0 Å². The average molecular weight is 639 g/mol. The van der Waals surface area contributed by atoms with Crippen molar-refractivity contribution in [3.8, 4) is 33.9 Å². The molecule has 0 bridgehead atoms. The Bertz CT molecular complexity index is 1940. The van der Waals surface area contributed by atoms with Gasteiger partial charge in [0.15, 0.2) is 6.29 Å². The SMILES string of the molecule is CNC(=O)c1c(-c2ccc(F)cc2)oc2cc(N(C)S)c(-c3ccc(O/C(C)=C/c4ccc(OC(C)(C)C)cc4)c(C=O)c3)cc12. The van der Waals surface area contributed by atoms with E-state index in [0.717, 1.165) is 17.6 Å². The lowest BCUT2D eigenvalue weighted by Crippen LogP contribution is -2.22. The van der Waals surface area contributed by atoms with Gasteiger partial charge in [-0.25, -0.2) is 4.39 Å². The fourth-order valence-electron chi connectivity index (χ4n) is 5.11. The molecule has 0 radical (unpaired) electrons. The lowest BCUT2D eigenvalue weighted by molar-refractivity contribution is 0.0964. The highest BCUT2D eigenvalue weighted by atomic mass is 32.1. The smallest absolute Gasteiger partial charge is 0.255 e. The van der Waals surface area contributed by atoms with E-state index in [4.69, 9.17) is 13.9 Å². The summed E-state index contributed by atoms with van der Waals surface area (Å²) in [6, 6.07) is 22.4. The predicted octanol–water partition coefficient (Wildman–Crippen LogP) is 8.98. The zero-order valence-corrected chi connectivity index (χ0v) is 27.4. The number of ether oxygens (including phenoxy) is 2. The van der Waals surface area contributed by atoms with Gasteiger partial charge in [0.2, 0.25) is 0 Å². The van der Waals surface area contributed by atoms with E-state index in [0.29, 0.717) is 61.7 Å². The number of benzene rings is 4. The molecule has 9 heteroatoms. The maximum absolute atomic E-state index is 13.7. The molecule has 1 N–H and O–H groups in total. The number of thiol groups is 1. The summed E-state index contributed by atoms with van der Waals surface area (Å²) >= 11 is 4.56. The van der Waals surface area contributed by atoms with Crippen LogP contribution in [-0.4, -0.2) is 31.9 Å². The highest BCUT2D eigenvalue weighted by Crippen LogP contribution is 2.42. The molecule has 1 amide bonds. The fraction of sp³-hybridized carbons (Fsp3) is 0.189. The summed E-state index contributed by atoms with van der Waals surface area (Å²) in [6.07, 6.45) is 2.62. The van der Waals surface area contributed by atoms with E-state index in [1.165, 1.54) is 19.2 Å². The van der Waals surface area contributed by atoms with E-state index in [9.17, 15) is 14.0 Å². The van der Waals surface area contributed by atoms with Crippen molar-refractivity contribution in [1.82, 2.24) is 5.32 Å². The molecule has 236 valence electrons. The highest BCUT2D eigenvalue weighted by molar-refractivity contribution is 7.81. The third kappa shape index (κ3) is 7.10. The number of carbonyl (C=O) groups excluding carboxylic acids is 2. The molecule has 0 spiro atoms. The van der Waals surface area contributed by atoms with Crippen molar-refractivity contribution in [2.75, 3.05) is 18.4 Å². The third-order valence-electron chi connectivity index (χ3n) is 7.11. The van der Waals surface area contributed by atoms with Crippen LogP contribution in [0.4, 0.5) is 10.1 Å². The maximum atomic E-state index is 13.7. The lowest BCUT2D eigenvalue weighted by atomic mass is 9.97. The van der Waals surface area contributed by atoms with Crippen LogP contribution in [0.15, 0.2) is 89.0 Å². The summed E-state index contributed by atoms with van der Waals surface area (Å²) in [5, 5.41) is 3.23. The van der Waals surface area contributed by atoms with Crippen LogP contribution in [-0.2, 0) is 0 Å². The molecule has 5 aromatic rings. The summed E-state index contributed by atoms with van der Waals surface area (Å²) < 4.78 is 33.5. The topological polar surface area (TPSA) is 81.0 Å². The van der Waals surface area contributed by atoms with Crippen LogP contribution in [0.3, 0.4) is 0 Å². The zero-order chi connectivity index (χ0) is 33.2. The molecule has 0 fully saturated rings. The first-order valence-corrected chi connectivity index (χ1v) is 15.0. The van der Waals surface area contributed by atoms with E-state index < -0.39 is 5.82 Å². The molecule has 4 aromatic carbocycles. The van der Waals surface area contributed by atoms with E-state index in [-0.39, 0.29) is 11.5 Å². The van der Waals surface area contributed by atoms with Gasteiger partial charge in [0.05, 0.1) is 16.8 Å². The van der Waals surface area contributed by atoms with Crippen LogP contribution in [0.2, 0.25) is 0 Å². The van der Waals surface area contributed by atoms with Gasteiger partial charge in [0.25, 0.3) is 5.91 Å². The third-order valence-corrected chi connectivity index (χ3v) is 7.32. The number of carbonyl (C=O) groups is 2. The Labute approximate surface area is 273 Å². The van der Waals surface area contributed by atoms with Gasteiger partial charge in [-0.1, -0.05) is 31.0 Å². The van der Waals surface area contributed by atoms with Crippen LogP contribution < -0.4 is 19.1 Å². The van der Waals surface area contributed by atoms with Crippen molar-refractivity contribution in [3.63, 3.8) is 0 Å². The van der Waals surface area contributed by atoms with Crippen molar-refractivity contribution < 1.29 is 27.9 Å². The second-order valence-electron chi connectivity index (χ2n) is 11.8. The largest absolute Gasteiger partial charge is 0.488 e. The predicted molar refractivity (Wildman–Crippen MR) is 184 cm³/mol. The lowest BCUT2D eigenvalue weighted by Gasteiger charge is -2.21. The Hall–Kier alpha value is -5.02. The number of aldehydes is 1. The van der Waals surface area contributed by atoms with E-state index >= 15 is 0 Å². The molecule has 0 saturated heterocycles. The summed E-state index contributed by atoms with van der Waals surface area (Å²) in [4.78, 5) is 25.4. The zero-order valence-electron chi connectivity index (χ0n) is 26.5. The Balaban J connectivity index is 1.52. The Kier molecular flexibility index (Phi) is 9.25. The molecule has 0 aliphatic rings. The van der Waals surface area contributed by atoms with Gasteiger partial charge in [-0.3, -0.25) is 9.59 Å². The number of halogens is 1. The van der Waals surface area contributed by atoms with Crippen molar-refractivity contribution >= 4 is 47.7 Å². The van der Waals surface area contributed by atoms with Gasteiger partial charge in [0.1, 0.15) is 40.0 Å². The van der Waals surface area contributed by atoms with Crippen molar-refractivity contribution in [1.29, 1.82) is 0 Å². The first-order valence-electron chi connectivity index (χ1n) is 14.6. The summed E-state index contributed by atoms with van der Waals surface area (Å²) in [5.74, 6) is 1.33. The standard InChI is InChI=1S/C37H35FN2O5S/c1-22(17-23-7-14-28(15-8-23)45-37(2,3)4)43-32-16-11-25(18-26(32)21-41)29-19-30-33(20-31(29)40(6)46)44-35(34(30)36(42)39-5)24-9-12-27(38)13-10-24/h7-21,46H,1-6H3,(H,39,42)/b22-17+. The quantitative estimate of drug-likeness (QED) is 0.0953. The molecule has 0 saturated carbocycles. The minimum absolute atomic E-state index is 0.291. The van der Waals surface area contributed by atoms with Crippen LogP contribution in [0, 0.1) is 5.82 Å². The van der Waals surface area contributed by atoms with Gasteiger partial charge < -0.3 is 23.5 Å². The molecule has 46 heavy (non-hydrogen) atoms. The molecule has 5 rings (SSSR count). The second kappa shape index (κ2) is 13.1. The van der Waals surface area contributed by atoms with Crippen LogP contribution in [0.5, 0.6) is 11.5 Å². The van der Waals surface area contributed by atoms with Crippen molar-refractivity contribution in [3.05, 3.63) is 107 Å². The van der Waals surface area contributed by atoms with Gasteiger partial charge in [-0.05, 0) is 99.5 Å². The van der Waals surface area contributed by atoms with Crippen LogP contribution in [0.25, 0.3) is 39.5 Å². The molecule has 0 aliphatic heterocycles. The normalized spacial score (nSPS) is 11.8. The van der Waals surface area contributed by atoms with Crippen molar-refractivity contribution in [2.24, 2.45) is 0 Å². The molecular formula is C37H35FN2O5S. The maximum Gasteiger partial charge on any atom is 0.255 e. The first-order chi connectivity index (χ1) is 21.9. The molecule has 0 unspecified atom stereocenters. The number of hydrogen-bond donors (Lipinski definition) is 2. The Morgan fingerprint density at radius 2 is 1.65 bits per heavy atom. The van der Waals surface area contributed by atoms with Gasteiger partial charge in [0, 0.05) is 36.7 Å². The highest BCUT2D eigenvalue weighted by Gasteiger charge is 2.24. The molecule has 0 aliphatic carbocycles. The minimum Gasteiger partial charge on any atom is -0.488 e. The van der Waals surface area contributed by atoms with Crippen molar-refractivity contribution in [2.45, 2.75) is 33.3 Å². The summed E-state index contributed by atoms with van der Waals surface area (Å²) in [7, 11) is 3.31. The average Bonchev–Trinajstić information content (AvgIpc) is 3.39. The fourth-order valence-corrected chi connectivity index (χ4v) is 5.28. The number of rotatable bonds is 9. The number of amides is 1. The molecule has 0 atom stereocenters. The Morgan fingerprint density at radius 1 is 0.978 bits per heavy atom. The number of fused-ring (bicyclic) bond motifs is 1. The number of nitrogens with zero attached hydrogens (tertiary/aromatic N) is 1. The molecule has 1 heterocycles. The van der Waals surface area contributed by atoms with E-state index in [1.54, 1.807) is 41.7 Å². The summed E-state index contributed by atoms with van der Waals surface area (Å²) in [5.41, 5.74) is 4.39. The van der Waals surface area contributed by atoms with Crippen LogP contribution in [0.1, 0.15) is 54.0 Å². The minimum atomic E-state index is -0.396. The van der Waals surface area contributed by atoms with Gasteiger partial charge in [-0.2, -0.15) is 0 Å². The van der Waals surface area contributed by atoms with Crippen LogP contribution >= 0.6 is 12.8 Å². The number of allylic oxidation sites excluding steroid dienone is 1. The van der Waals surface area contributed by atoms with E-state index in [1.807, 2.05) is 70.2 Å². The Morgan fingerprint density at radius 3 is 2.26 bits per heavy atom. The number of furan rings is 1. The number of anilines is 1. The number of nitrogens with one attached hydrogen (secondary N) is 1. The molecule has 7 nitrogen and oxygen atoms in total. The first kappa shape index (κ1) is 32.4. The molecule has 1 aromatic heterocycles. The van der Waals surface area contributed by atoms with E-state index in [2.05, 4.69) is 18.1 Å².